The van der Waals surface area contributed by atoms with Crippen LogP contribution in [0.2, 0.25) is 0 Å². The van der Waals surface area contributed by atoms with Gasteiger partial charge in [0, 0.05) is 23.1 Å². The van der Waals surface area contributed by atoms with Gasteiger partial charge in [0.05, 0.1) is 20.1 Å². The van der Waals surface area contributed by atoms with Crippen molar-refractivity contribution in [2.24, 2.45) is 0 Å². The van der Waals surface area contributed by atoms with E-state index in [4.69, 9.17) is 19.3 Å². The molecule has 0 aromatic heterocycles. The van der Waals surface area contributed by atoms with Gasteiger partial charge in [0.1, 0.15) is 29.2 Å². The Bertz CT molecular complexity index is 1190. The third-order valence-corrected chi connectivity index (χ3v) is 6.50. The van der Waals surface area contributed by atoms with Gasteiger partial charge in [-0.25, -0.2) is 4.39 Å². The molecule has 1 N–H and O–H groups in total. The van der Waals surface area contributed by atoms with Gasteiger partial charge < -0.3 is 19.3 Å². The van der Waals surface area contributed by atoms with Crippen molar-refractivity contribution in [1.29, 1.82) is 0 Å². The molecule has 0 amide bonds. The molecule has 0 saturated heterocycles. The predicted molar refractivity (Wildman–Crippen MR) is 121 cm³/mol. The summed E-state index contributed by atoms with van der Waals surface area (Å²) >= 11 is 0. The summed E-state index contributed by atoms with van der Waals surface area (Å²) in [5.41, 5.74) is 4.78. The summed E-state index contributed by atoms with van der Waals surface area (Å²) in [5.74, 6) is 0.805. The Morgan fingerprint density at radius 2 is 1.91 bits per heavy atom. The van der Waals surface area contributed by atoms with Crippen LogP contribution in [0.3, 0.4) is 0 Å². The van der Waals surface area contributed by atoms with Crippen molar-refractivity contribution in [2.75, 3.05) is 13.7 Å². The Morgan fingerprint density at radius 3 is 2.67 bits per heavy atom. The molecule has 5 nitrogen and oxygen atoms in total. The molecule has 2 unspecified atom stereocenters. The number of hydrogen-bond donors (Lipinski definition) is 1. The normalized spacial score (nSPS) is 18.4. The molecule has 1 aliphatic heterocycles. The average Bonchev–Trinajstić information content (AvgIpc) is 3.41. The quantitative estimate of drug-likeness (QED) is 0.521. The highest BCUT2D eigenvalue weighted by Gasteiger charge is 2.31. The minimum Gasteiger partial charge on any atom is -0.497 e. The molecule has 0 fully saturated rings. The summed E-state index contributed by atoms with van der Waals surface area (Å²) in [7, 11) is 1.64. The highest BCUT2D eigenvalue weighted by atomic mass is 19.1. The van der Waals surface area contributed by atoms with Crippen LogP contribution in [-0.4, -0.2) is 24.8 Å². The highest BCUT2D eigenvalue weighted by Crippen LogP contribution is 2.42. The van der Waals surface area contributed by atoms with Crippen LogP contribution in [-0.2, 0) is 17.6 Å². The van der Waals surface area contributed by atoms with Crippen LogP contribution in [0.25, 0.3) is 0 Å². The van der Waals surface area contributed by atoms with E-state index in [0.717, 1.165) is 40.8 Å². The lowest BCUT2D eigenvalue weighted by atomic mass is 9.96. The Morgan fingerprint density at radius 1 is 1.12 bits per heavy atom. The number of benzene rings is 3. The van der Waals surface area contributed by atoms with E-state index in [-0.39, 0.29) is 24.3 Å². The van der Waals surface area contributed by atoms with Crippen molar-refractivity contribution >= 4 is 5.97 Å². The fourth-order valence-corrected chi connectivity index (χ4v) is 4.87. The third-order valence-electron chi connectivity index (χ3n) is 6.50. The van der Waals surface area contributed by atoms with E-state index in [1.807, 2.05) is 42.5 Å². The first-order valence-electron chi connectivity index (χ1n) is 11.1. The van der Waals surface area contributed by atoms with Crippen LogP contribution < -0.4 is 14.2 Å². The third kappa shape index (κ3) is 4.25. The van der Waals surface area contributed by atoms with Gasteiger partial charge in [0.25, 0.3) is 0 Å². The Labute approximate surface area is 191 Å². The largest absolute Gasteiger partial charge is 0.497 e. The summed E-state index contributed by atoms with van der Waals surface area (Å²) in [5, 5.41) is 9.08. The molecule has 1 aliphatic carbocycles. The zero-order chi connectivity index (χ0) is 22.9. The standard InChI is InChI=1S/C27H25FO5/c1-31-19-5-2-16(3-6-19)12-17-4-10-23(28)27-22(17)9-11-24(27)33-20-7-8-21-18(13-26(29)30)15-32-25(21)14-20/h2-8,10,14,18,24H,9,11-13,15H2,1H3,(H,29,30). The van der Waals surface area contributed by atoms with Crippen molar-refractivity contribution in [2.45, 2.75) is 37.7 Å². The van der Waals surface area contributed by atoms with Gasteiger partial charge in [-0.1, -0.05) is 24.3 Å². The van der Waals surface area contributed by atoms with Gasteiger partial charge in [-0.15, -0.1) is 0 Å². The molecule has 33 heavy (non-hydrogen) atoms. The number of halogens is 1. The average molecular weight is 448 g/mol. The van der Waals surface area contributed by atoms with Crippen molar-refractivity contribution in [3.63, 3.8) is 0 Å². The second-order valence-electron chi connectivity index (χ2n) is 8.57. The van der Waals surface area contributed by atoms with Crippen LogP contribution >= 0.6 is 0 Å². The molecule has 6 heteroatoms. The Hall–Kier alpha value is -3.54. The number of carbonyl (C=O) groups is 1. The molecule has 5 rings (SSSR count). The van der Waals surface area contributed by atoms with E-state index in [9.17, 15) is 9.18 Å². The van der Waals surface area contributed by atoms with E-state index in [2.05, 4.69) is 0 Å². The summed E-state index contributed by atoms with van der Waals surface area (Å²) in [4.78, 5) is 11.1. The number of fused-ring (bicyclic) bond motifs is 2. The van der Waals surface area contributed by atoms with Gasteiger partial charge in [0.15, 0.2) is 0 Å². The molecule has 0 bridgehead atoms. The van der Waals surface area contributed by atoms with Crippen LogP contribution in [0.1, 0.15) is 52.7 Å². The zero-order valence-electron chi connectivity index (χ0n) is 18.3. The number of rotatable bonds is 7. The first-order chi connectivity index (χ1) is 16.0. The molecule has 0 radical (unpaired) electrons. The molecular weight excluding hydrogens is 423 g/mol. The maximum Gasteiger partial charge on any atom is 0.304 e. The molecule has 3 aromatic carbocycles. The van der Waals surface area contributed by atoms with E-state index in [0.29, 0.717) is 30.1 Å². The number of methoxy groups -OCH3 is 1. The molecule has 170 valence electrons. The maximum absolute atomic E-state index is 14.9. The molecule has 0 saturated carbocycles. The lowest BCUT2D eigenvalue weighted by molar-refractivity contribution is -0.137. The van der Waals surface area contributed by atoms with Crippen LogP contribution in [0.15, 0.2) is 54.6 Å². The minimum atomic E-state index is -0.847. The summed E-state index contributed by atoms with van der Waals surface area (Å²) in [6, 6.07) is 16.8. The molecule has 2 aliphatic rings. The number of aliphatic carboxylic acids is 1. The van der Waals surface area contributed by atoms with E-state index in [1.54, 1.807) is 13.2 Å². The first-order valence-corrected chi connectivity index (χ1v) is 11.1. The van der Waals surface area contributed by atoms with Crippen molar-refractivity contribution in [3.05, 3.63) is 88.2 Å². The Balaban J connectivity index is 1.36. The second kappa shape index (κ2) is 8.77. The fourth-order valence-electron chi connectivity index (χ4n) is 4.87. The first kappa shape index (κ1) is 21.3. The molecule has 2 atom stereocenters. The molecular formula is C27H25FO5. The number of carboxylic acid groups (broad SMARTS) is 1. The summed E-state index contributed by atoms with van der Waals surface area (Å²) in [6.45, 7) is 0.348. The van der Waals surface area contributed by atoms with Gasteiger partial charge in [-0.3, -0.25) is 4.79 Å². The lowest BCUT2D eigenvalue weighted by Gasteiger charge is -2.17. The predicted octanol–water partition coefficient (Wildman–Crippen LogP) is 5.44. The SMILES string of the molecule is COc1ccc(Cc2ccc(F)c3c2CCC3Oc2ccc3c(c2)OCC3CC(=O)O)cc1. The van der Waals surface area contributed by atoms with Gasteiger partial charge >= 0.3 is 5.97 Å². The second-order valence-corrected chi connectivity index (χ2v) is 8.57. The van der Waals surface area contributed by atoms with Crippen molar-refractivity contribution in [3.8, 4) is 17.2 Å². The topological polar surface area (TPSA) is 65.0 Å². The summed E-state index contributed by atoms with van der Waals surface area (Å²) < 4.78 is 32.0. The molecule has 0 spiro atoms. The van der Waals surface area contributed by atoms with E-state index >= 15 is 0 Å². The van der Waals surface area contributed by atoms with Gasteiger partial charge in [-0.05, 0) is 60.2 Å². The number of hydrogen-bond acceptors (Lipinski definition) is 4. The molecule has 3 aromatic rings. The maximum atomic E-state index is 14.9. The van der Waals surface area contributed by atoms with Crippen LogP contribution in [0.4, 0.5) is 4.39 Å². The van der Waals surface area contributed by atoms with Crippen molar-refractivity contribution in [1.82, 2.24) is 0 Å². The van der Waals surface area contributed by atoms with Gasteiger partial charge in [-0.2, -0.15) is 0 Å². The van der Waals surface area contributed by atoms with Gasteiger partial charge in [0.2, 0.25) is 0 Å². The molecule has 1 heterocycles. The van der Waals surface area contributed by atoms with Crippen LogP contribution in [0.5, 0.6) is 17.2 Å². The van der Waals surface area contributed by atoms with E-state index < -0.39 is 5.97 Å². The fraction of sp³-hybridized carbons (Fsp3) is 0.296. The van der Waals surface area contributed by atoms with Crippen molar-refractivity contribution < 1.29 is 28.5 Å². The lowest BCUT2D eigenvalue weighted by Crippen LogP contribution is -2.07. The summed E-state index contributed by atoms with van der Waals surface area (Å²) in [6.07, 6.45) is 1.84. The zero-order valence-corrected chi connectivity index (χ0v) is 18.3. The highest BCUT2D eigenvalue weighted by molar-refractivity contribution is 5.68. The van der Waals surface area contributed by atoms with E-state index in [1.165, 1.54) is 6.07 Å². The number of ether oxygens (including phenoxy) is 3. The van der Waals surface area contributed by atoms with Crippen LogP contribution in [0, 0.1) is 5.82 Å². The smallest absolute Gasteiger partial charge is 0.304 e. The minimum absolute atomic E-state index is 0.0331. The Kier molecular flexibility index (Phi) is 5.67. The number of carboxylic acids is 1. The monoisotopic (exact) mass is 448 g/mol.